The number of rotatable bonds is 3. The SMILES string of the molecule is CNC(=O)c1ccccc1Nc1ccc(I)cc1F. The lowest BCUT2D eigenvalue weighted by Crippen LogP contribution is -2.19. The van der Waals surface area contributed by atoms with Gasteiger partial charge in [0.15, 0.2) is 0 Å². The van der Waals surface area contributed by atoms with Crippen LogP contribution in [-0.2, 0) is 0 Å². The molecule has 0 radical (unpaired) electrons. The van der Waals surface area contributed by atoms with Crippen LogP contribution in [0.25, 0.3) is 0 Å². The lowest BCUT2D eigenvalue weighted by atomic mass is 10.1. The molecular formula is C14H12FIN2O. The van der Waals surface area contributed by atoms with Crippen LogP contribution in [0.15, 0.2) is 42.5 Å². The smallest absolute Gasteiger partial charge is 0.253 e. The summed E-state index contributed by atoms with van der Waals surface area (Å²) in [5.74, 6) is -0.562. The molecule has 0 heterocycles. The van der Waals surface area contributed by atoms with E-state index < -0.39 is 0 Å². The molecule has 0 fully saturated rings. The summed E-state index contributed by atoms with van der Waals surface area (Å²) in [6.45, 7) is 0. The zero-order valence-electron chi connectivity index (χ0n) is 10.2. The van der Waals surface area contributed by atoms with Gasteiger partial charge in [0, 0.05) is 10.6 Å². The molecule has 0 saturated carbocycles. The highest BCUT2D eigenvalue weighted by molar-refractivity contribution is 14.1. The minimum Gasteiger partial charge on any atom is -0.355 e. The van der Waals surface area contributed by atoms with E-state index in [1.54, 1.807) is 43.4 Å². The highest BCUT2D eigenvalue weighted by Crippen LogP contribution is 2.24. The summed E-state index contributed by atoms with van der Waals surface area (Å²) in [6, 6.07) is 11.9. The van der Waals surface area contributed by atoms with Crippen molar-refractivity contribution in [1.82, 2.24) is 5.32 Å². The molecule has 2 rings (SSSR count). The van der Waals surface area contributed by atoms with Gasteiger partial charge in [-0.2, -0.15) is 0 Å². The number of anilines is 2. The summed E-state index contributed by atoms with van der Waals surface area (Å²) in [6.07, 6.45) is 0. The Bertz CT molecular complexity index is 616. The molecule has 19 heavy (non-hydrogen) atoms. The van der Waals surface area contributed by atoms with Crippen LogP contribution in [0.1, 0.15) is 10.4 Å². The van der Waals surface area contributed by atoms with Crippen LogP contribution in [0.3, 0.4) is 0 Å². The molecule has 3 nitrogen and oxygen atoms in total. The van der Waals surface area contributed by atoms with Crippen LogP contribution < -0.4 is 10.6 Å². The molecule has 0 aromatic heterocycles. The number of carbonyl (C=O) groups is 1. The fourth-order valence-corrected chi connectivity index (χ4v) is 2.11. The second-order valence-electron chi connectivity index (χ2n) is 3.87. The van der Waals surface area contributed by atoms with E-state index in [-0.39, 0.29) is 11.7 Å². The molecule has 2 N–H and O–H groups in total. The van der Waals surface area contributed by atoms with E-state index in [1.165, 1.54) is 6.07 Å². The van der Waals surface area contributed by atoms with Gasteiger partial charge in [0.25, 0.3) is 5.91 Å². The average molecular weight is 370 g/mol. The maximum atomic E-state index is 13.8. The molecule has 0 unspecified atom stereocenters. The lowest BCUT2D eigenvalue weighted by Gasteiger charge is -2.11. The van der Waals surface area contributed by atoms with Crippen LogP contribution in [0, 0.1) is 9.39 Å². The number of halogens is 2. The Morgan fingerprint density at radius 2 is 1.89 bits per heavy atom. The number of amides is 1. The normalized spacial score (nSPS) is 10.1. The van der Waals surface area contributed by atoms with Gasteiger partial charge in [-0.05, 0) is 52.9 Å². The van der Waals surface area contributed by atoms with E-state index in [4.69, 9.17) is 0 Å². The lowest BCUT2D eigenvalue weighted by molar-refractivity contribution is 0.0964. The topological polar surface area (TPSA) is 41.1 Å². The molecule has 0 aliphatic heterocycles. The van der Waals surface area contributed by atoms with Gasteiger partial charge < -0.3 is 10.6 Å². The minimum absolute atomic E-state index is 0.214. The molecule has 0 saturated heterocycles. The van der Waals surface area contributed by atoms with Gasteiger partial charge in [-0.3, -0.25) is 4.79 Å². The van der Waals surface area contributed by atoms with Crippen molar-refractivity contribution in [3.8, 4) is 0 Å². The van der Waals surface area contributed by atoms with Gasteiger partial charge in [0.2, 0.25) is 0 Å². The van der Waals surface area contributed by atoms with Gasteiger partial charge in [-0.25, -0.2) is 4.39 Å². The first kappa shape index (κ1) is 13.8. The van der Waals surface area contributed by atoms with E-state index in [0.29, 0.717) is 16.9 Å². The molecule has 2 aromatic carbocycles. The highest BCUT2D eigenvalue weighted by atomic mass is 127. The van der Waals surface area contributed by atoms with E-state index in [0.717, 1.165) is 3.57 Å². The second-order valence-corrected chi connectivity index (χ2v) is 5.12. The number of nitrogens with one attached hydrogen (secondary N) is 2. The third kappa shape index (κ3) is 3.23. The van der Waals surface area contributed by atoms with Gasteiger partial charge in [0.1, 0.15) is 5.82 Å². The summed E-state index contributed by atoms with van der Waals surface area (Å²) in [5.41, 5.74) is 1.39. The van der Waals surface area contributed by atoms with Crippen LogP contribution in [-0.4, -0.2) is 13.0 Å². The summed E-state index contributed by atoms with van der Waals surface area (Å²) in [5, 5.41) is 5.50. The van der Waals surface area contributed by atoms with Crippen LogP contribution >= 0.6 is 22.6 Å². The Morgan fingerprint density at radius 1 is 1.16 bits per heavy atom. The fraction of sp³-hybridized carbons (Fsp3) is 0.0714. The molecule has 98 valence electrons. The molecule has 0 atom stereocenters. The number of hydrogen-bond acceptors (Lipinski definition) is 2. The molecule has 1 amide bonds. The van der Waals surface area contributed by atoms with Crippen molar-refractivity contribution >= 4 is 39.9 Å². The fourth-order valence-electron chi connectivity index (χ4n) is 1.66. The number of hydrogen-bond donors (Lipinski definition) is 2. The quantitative estimate of drug-likeness (QED) is 0.812. The number of para-hydroxylation sites is 1. The molecular weight excluding hydrogens is 358 g/mol. The summed E-state index contributed by atoms with van der Waals surface area (Å²) < 4.78 is 14.6. The second kappa shape index (κ2) is 6.01. The number of carbonyl (C=O) groups excluding carboxylic acids is 1. The van der Waals surface area contributed by atoms with Crippen LogP contribution in [0.2, 0.25) is 0 Å². The molecule has 0 aliphatic carbocycles. The van der Waals surface area contributed by atoms with Crippen molar-refractivity contribution in [2.75, 3.05) is 12.4 Å². The van der Waals surface area contributed by atoms with Crippen molar-refractivity contribution in [3.63, 3.8) is 0 Å². The van der Waals surface area contributed by atoms with Crippen LogP contribution in [0.4, 0.5) is 15.8 Å². The van der Waals surface area contributed by atoms with Crippen molar-refractivity contribution < 1.29 is 9.18 Å². The van der Waals surface area contributed by atoms with Gasteiger partial charge in [-0.1, -0.05) is 12.1 Å². The Kier molecular flexibility index (Phi) is 4.36. The molecule has 2 aromatic rings. The van der Waals surface area contributed by atoms with Crippen molar-refractivity contribution in [1.29, 1.82) is 0 Å². The largest absolute Gasteiger partial charge is 0.355 e. The summed E-state index contributed by atoms with van der Waals surface area (Å²) in [7, 11) is 1.56. The third-order valence-corrected chi connectivity index (χ3v) is 3.27. The maximum absolute atomic E-state index is 13.8. The van der Waals surface area contributed by atoms with Crippen molar-refractivity contribution in [3.05, 3.63) is 57.4 Å². The molecule has 0 bridgehead atoms. The average Bonchev–Trinajstić information content (AvgIpc) is 2.41. The highest BCUT2D eigenvalue weighted by Gasteiger charge is 2.10. The van der Waals surface area contributed by atoms with Crippen molar-refractivity contribution in [2.24, 2.45) is 0 Å². The Labute approximate surface area is 124 Å². The third-order valence-electron chi connectivity index (χ3n) is 2.60. The van der Waals surface area contributed by atoms with E-state index in [2.05, 4.69) is 10.6 Å². The first-order chi connectivity index (χ1) is 9.11. The van der Waals surface area contributed by atoms with Gasteiger partial charge >= 0.3 is 0 Å². The predicted molar refractivity (Wildman–Crippen MR) is 82.2 cm³/mol. The summed E-state index contributed by atoms with van der Waals surface area (Å²) >= 11 is 2.04. The van der Waals surface area contributed by atoms with Crippen molar-refractivity contribution in [2.45, 2.75) is 0 Å². The molecule has 0 spiro atoms. The Hall–Kier alpha value is -1.63. The molecule has 5 heteroatoms. The Balaban J connectivity index is 2.35. The van der Waals surface area contributed by atoms with E-state index in [9.17, 15) is 9.18 Å². The first-order valence-corrected chi connectivity index (χ1v) is 6.73. The van der Waals surface area contributed by atoms with Crippen LogP contribution in [0.5, 0.6) is 0 Å². The predicted octanol–water partition coefficient (Wildman–Crippen LogP) is 3.53. The van der Waals surface area contributed by atoms with Gasteiger partial charge in [0.05, 0.1) is 16.9 Å². The van der Waals surface area contributed by atoms with Gasteiger partial charge in [-0.15, -0.1) is 0 Å². The molecule has 0 aliphatic rings. The zero-order valence-corrected chi connectivity index (χ0v) is 12.4. The monoisotopic (exact) mass is 370 g/mol. The standard InChI is InChI=1S/C14H12FIN2O/c1-17-14(19)10-4-2-3-5-12(10)18-13-7-6-9(16)8-11(13)15/h2-8,18H,1H3,(H,17,19). The first-order valence-electron chi connectivity index (χ1n) is 5.65. The summed E-state index contributed by atoms with van der Waals surface area (Å²) in [4.78, 5) is 11.7. The Morgan fingerprint density at radius 3 is 2.58 bits per heavy atom. The number of benzene rings is 2. The van der Waals surface area contributed by atoms with E-state index in [1.807, 2.05) is 22.6 Å². The minimum atomic E-state index is -0.349. The zero-order chi connectivity index (χ0) is 13.8. The van der Waals surface area contributed by atoms with E-state index >= 15 is 0 Å². The maximum Gasteiger partial charge on any atom is 0.253 e.